The minimum absolute atomic E-state index is 0.207. The number of halogens is 1. The first-order valence-corrected chi connectivity index (χ1v) is 7.76. The number of amides is 1. The summed E-state index contributed by atoms with van der Waals surface area (Å²) >= 11 is 3.30. The third-order valence-corrected chi connectivity index (χ3v) is 3.70. The van der Waals surface area contributed by atoms with Crippen LogP contribution < -0.4 is 19.5 Å². The van der Waals surface area contributed by atoms with Crippen molar-refractivity contribution in [3.63, 3.8) is 0 Å². The summed E-state index contributed by atoms with van der Waals surface area (Å²) in [4.78, 5) is 22.9. The van der Waals surface area contributed by atoms with Crippen molar-refractivity contribution >= 4 is 33.8 Å². The van der Waals surface area contributed by atoms with E-state index in [0.717, 1.165) is 0 Å². The van der Waals surface area contributed by atoms with Gasteiger partial charge in [-0.25, -0.2) is 0 Å². The van der Waals surface area contributed by atoms with Crippen LogP contribution >= 0.6 is 15.9 Å². The summed E-state index contributed by atoms with van der Waals surface area (Å²) in [5, 5.41) is 2.71. The molecule has 0 aliphatic heterocycles. The van der Waals surface area contributed by atoms with Crippen LogP contribution in [-0.2, 0) is 4.79 Å². The lowest BCUT2D eigenvalue weighted by molar-refractivity contribution is -0.118. The fourth-order valence-electron chi connectivity index (χ4n) is 1.96. The summed E-state index contributed by atoms with van der Waals surface area (Å²) in [5.41, 5.74) is 1.07. The van der Waals surface area contributed by atoms with Gasteiger partial charge in [-0.3, -0.25) is 9.59 Å². The summed E-state index contributed by atoms with van der Waals surface area (Å²) in [7, 11) is 3.03. The zero-order valence-corrected chi connectivity index (χ0v) is 14.8. The normalized spacial score (nSPS) is 9.96. The summed E-state index contributed by atoms with van der Waals surface area (Å²) in [6.45, 7) is -0.207. The molecule has 0 unspecified atom stereocenters. The fourth-order valence-corrected chi connectivity index (χ4v) is 2.53. The van der Waals surface area contributed by atoms with Crippen LogP contribution in [0.2, 0.25) is 0 Å². The van der Waals surface area contributed by atoms with Gasteiger partial charge in [0.15, 0.2) is 18.1 Å². The highest BCUT2D eigenvalue weighted by atomic mass is 79.9. The molecule has 126 valence electrons. The van der Waals surface area contributed by atoms with Crippen LogP contribution in [0.1, 0.15) is 10.4 Å². The van der Waals surface area contributed by atoms with Crippen molar-refractivity contribution in [3.05, 3.63) is 46.4 Å². The number of methoxy groups -OCH3 is 2. The number of carbonyl (C=O) groups is 2. The average molecular weight is 394 g/mol. The molecule has 1 N–H and O–H groups in total. The van der Waals surface area contributed by atoms with Crippen molar-refractivity contribution in [2.45, 2.75) is 0 Å². The monoisotopic (exact) mass is 393 g/mol. The second-order valence-corrected chi connectivity index (χ2v) is 5.57. The molecule has 0 radical (unpaired) electrons. The molecule has 1 amide bonds. The first-order valence-electron chi connectivity index (χ1n) is 6.96. The second kappa shape index (κ2) is 8.35. The topological polar surface area (TPSA) is 73.9 Å². The Balaban J connectivity index is 2.01. The molecule has 0 aliphatic rings. The van der Waals surface area contributed by atoms with Gasteiger partial charge in [0.05, 0.1) is 18.7 Å². The van der Waals surface area contributed by atoms with Gasteiger partial charge in [-0.15, -0.1) is 0 Å². The molecule has 2 aromatic carbocycles. The average Bonchev–Trinajstić information content (AvgIpc) is 2.60. The van der Waals surface area contributed by atoms with E-state index >= 15 is 0 Å². The van der Waals surface area contributed by atoms with E-state index in [2.05, 4.69) is 21.2 Å². The number of benzene rings is 2. The molecule has 0 heterocycles. The Bertz CT molecular complexity index is 731. The van der Waals surface area contributed by atoms with Crippen LogP contribution in [0, 0.1) is 0 Å². The molecule has 2 rings (SSSR count). The van der Waals surface area contributed by atoms with Crippen LogP contribution in [0.25, 0.3) is 0 Å². The summed E-state index contributed by atoms with van der Waals surface area (Å²) in [5.74, 6) is 1.10. The van der Waals surface area contributed by atoms with Crippen molar-refractivity contribution < 1.29 is 23.8 Å². The van der Waals surface area contributed by atoms with E-state index in [9.17, 15) is 9.59 Å². The number of hydrogen-bond acceptors (Lipinski definition) is 5. The molecule has 24 heavy (non-hydrogen) atoms. The lowest BCUT2D eigenvalue weighted by Gasteiger charge is -2.13. The van der Waals surface area contributed by atoms with Gasteiger partial charge < -0.3 is 19.5 Å². The number of carbonyl (C=O) groups excluding carboxylic acids is 2. The molecule has 0 aromatic heterocycles. The van der Waals surface area contributed by atoms with E-state index in [1.54, 1.807) is 37.4 Å². The van der Waals surface area contributed by atoms with Crippen LogP contribution in [0.5, 0.6) is 17.2 Å². The minimum atomic E-state index is -0.325. The third-order valence-electron chi connectivity index (χ3n) is 3.11. The highest BCUT2D eigenvalue weighted by molar-refractivity contribution is 9.10. The second-order valence-electron chi connectivity index (χ2n) is 4.72. The number of hydrogen-bond donors (Lipinski definition) is 1. The van der Waals surface area contributed by atoms with Crippen molar-refractivity contribution in [2.75, 3.05) is 26.1 Å². The van der Waals surface area contributed by atoms with Crippen molar-refractivity contribution in [3.8, 4) is 17.2 Å². The van der Waals surface area contributed by atoms with Gasteiger partial charge in [0.1, 0.15) is 12.0 Å². The quantitative estimate of drug-likeness (QED) is 0.730. The van der Waals surface area contributed by atoms with Crippen LogP contribution in [0.15, 0.2) is 40.9 Å². The Labute approximate surface area is 147 Å². The SMILES string of the molecule is COc1ccc(NC(=O)COc2c(Br)cc(C=O)cc2OC)cc1. The minimum Gasteiger partial charge on any atom is -0.497 e. The van der Waals surface area contributed by atoms with E-state index in [-0.39, 0.29) is 12.5 Å². The van der Waals surface area contributed by atoms with E-state index in [4.69, 9.17) is 14.2 Å². The van der Waals surface area contributed by atoms with Crippen LogP contribution in [0.4, 0.5) is 5.69 Å². The van der Waals surface area contributed by atoms with Gasteiger partial charge in [-0.05, 0) is 52.3 Å². The fraction of sp³-hybridized carbons (Fsp3) is 0.176. The Morgan fingerprint density at radius 3 is 2.46 bits per heavy atom. The molecule has 6 nitrogen and oxygen atoms in total. The van der Waals surface area contributed by atoms with Gasteiger partial charge in [-0.1, -0.05) is 0 Å². The molecule has 0 fully saturated rings. The standard InChI is InChI=1S/C17H16BrNO5/c1-22-13-5-3-12(4-6-13)19-16(21)10-24-17-14(18)7-11(9-20)8-15(17)23-2/h3-9H,10H2,1-2H3,(H,19,21). The number of aldehydes is 1. The van der Waals surface area contributed by atoms with Gasteiger partial charge in [0.25, 0.3) is 5.91 Å². The highest BCUT2D eigenvalue weighted by Gasteiger charge is 2.13. The number of rotatable bonds is 7. The summed E-state index contributed by atoms with van der Waals surface area (Å²) < 4.78 is 16.3. The van der Waals surface area contributed by atoms with E-state index in [1.165, 1.54) is 13.2 Å². The molecular formula is C17H16BrNO5. The number of nitrogens with one attached hydrogen (secondary N) is 1. The largest absolute Gasteiger partial charge is 0.497 e. The van der Waals surface area contributed by atoms with E-state index < -0.39 is 0 Å². The third kappa shape index (κ3) is 4.48. The lowest BCUT2D eigenvalue weighted by Crippen LogP contribution is -2.20. The van der Waals surface area contributed by atoms with Gasteiger partial charge in [0.2, 0.25) is 0 Å². The molecule has 0 bridgehead atoms. The van der Waals surface area contributed by atoms with Crippen LogP contribution in [0.3, 0.4) is 0 Å². The molecule has 7 heteroatoms. The molecule has 0 atom stereocenters. The zero-order valence-electron chi connectivity index (χ0n) is 13.2. The molecule has 0 saturated carbocycles. The summed E-state index contributed by atoms with van der Waals surface area (Å²) in [6.07, 6.45) is 0.702. The van der Waals surface area contributed by atoms with Crippen molar-refractivity contribution in [1.82, 2.24) is 0 Å². The van der Waals surface area contributed by atoms with Crippen molar-refractivity contribution in [2.24, 2.45) is 0 Å². The maximum Gasteiger partial charge on any atom is 0.262 e. The first kappa shape index (κ1) is 17.8. The van der Waals surface area contributed by atoms with Gasteiger partial charge in [-0.2, -0.15) is 0 Å². The lowest BCUT2D eigenvalue weighted by atomic mass is 10.2. The maximum atomic E-state index is 12.0. The van der Waals surface area contributed by atoms with Crippen molar-refractivity contribution in [1.29, 1.82) is 0 Å². The van der Waals surface area contributed by atoms with Gasteiger partial charge >= 0.3 is 0 Å². The Kier molecular flexibility index (Phi) is 6.20. The van der Waals surface area contributed by atoms with Crippen LogP contribution in [-0.4, -0.2) is 33.0 Å². The Hall–Kier alpha value is -2.54. The van der Waals surface area contributed by atoms with E-state index in [1.807, 2.05) is 0 Å². The number of ether oxygens (including phenoxy) is 3. The molecule has 2 aromatic rings. The predicted octanol–water partition coefficient (Wildman–Crippen LogP) is 3.30. The molecule has 0 aliphatic carbocycles. The predicted molar refractivity (Wildman–Crippen MR) is 93.2 cm³/mol. The molecule has 0 saturated heterocycles. The maximum absolute atomic E-state index is 12.0. The highest BCUT2D eigenvalue weighted by Crippen LogP contribution is 2.36. The first-order chi connectivity index (χ1) is 11.6. The van der Waals surface area contributed by atoms with Gasteiger partial charge in [0, 0.05) is 11.3 Å². The summed E-state index contributed by atoms with van der Waals surface area (Å²) in [6, 6.07) is 10.1. The Morgan fingerprint density at radius 1 is 1.17 bits per heavy atom. The molecular weight excluding hydrogens is 378 g/mol. The zero-order chi connectivity index (χ0) is 17.5. The van der Waals surface area contributed by atoms with E-state index in [0.29, 0.717) is 39.3 Å². The smallest absolute Gasteiger partial charge is 0.262 e. The Morgan fingerprint density at radius 2 is 1.88 bits per heavy atom. The molecule has 0 spiro atoms. The number of anilines is 1.